The van der Waals surface area contributed by atoms with E-state index in [1.54, 1.807) is 11.1 Å². The molecule has 7 heteroatoms. The van der Waals surface area contributed by atoms with Gasteiger partial charge >= 0.3 is 0 Å². The van der Waals surface area contributed by atoms with Gasteiger partial charge in [0.2, 0.25) is 0 Å². The molecule has 0 radical (unpaired) electrons. The maximum Gasteiger partial charge on any atom is 0.255 e. The molecule has 0 bridgehead atoms. The van der Waals surface area contributed by atoms with Gasteiger partial charge in [-0.1, -0.05) is 6.07 Å². The molecule has 3 heterocycles. The summed E-state index contributed by atoms with van der Waals surface area (Å²) >= 11 is 0. The Bertz CT molecular complexity index is 1010. The fraction of sp³-hybridized carbons (Fsp3) is 0.286. The van der Waals surface area contributed by atoms with Gasteiger partial charge in [0.05, 0.1) is 29.9 Å². The number of rotatable bonds is 5. The van der Waals surface area contributed by atoms with E-state index in [0.717, 1.165) is 29.5 Å². The monoisotopic (exact) mass is 376 g/mol. The summed E-state index contributed by atoms with van der Waals surface area (Å²) in [5, 5.41) is 16.4. The highest BCUT2D eigenvalue weighted by Crippen LogP contribution is 2.32. The molecular weight excluding hydrogens is 356 g/mol. The number of nitrogens with zero attached hydrogens (tertiary/aromatic N) is 2. The minimum Gasteiger partial charge on any atom is -0.493 e. The van der Waals surface area contributed by atoms with E-state index in [4.69, 9.17) is 20.1 Å². The van der Waals surface area contributed by atoms with Crippen molar-refractivity contribution in [3.8, 4) is 17.6 Å². The first-order valence-corrected chi connectivity index (χ1v) is 9.12. The lowest BCUT2D eigenvalue weighted by Crippen LogP contribution is -2.49. The van der Waals surface area contributed by atoms with E-state index in [9.17, 15) is 4.79 Å². The first-order valence-electron chi connectivity index (χ1n) is 9.12. The number of H-pyrrole nitrogens is 1. The number of likely N-dealkylation sites (tertiary alicyclic amines) is 1. The van der Waals surface area contributed by atoms with Crippen LogP contribution in [0.3, 0.4) is 0 Å². The number of aromatic nitrogens is 1. The number of aromatic amines is 1. The Balaban J connectivity index is 1.56. The van der Waals surface area contributed by atoms with E-state index in [0.29, 0.717) is 42.5 Å². The lowest BCUT2D eigenvalue weighted by molar-refractivity contribution is 0.0577. The molecule has 0 spiro atoms. The van der Waals surface area contributed by atoms with Gasteiger partial charge in [-0.2, -0.15) is 5.26 Å². The van der Waals surface area contributed by atoms with Crippen molar-refractivity contribution in [2.24, 2.45) is 5.92 Å². The maximum absolute atomic E-state index is 12.7. The zero-order valence-electron chi connectivity index (χ0n) is 15.5. The number of benzene rings is 1. The normalized spacial score (nSPS) is 16.0. The Morgan fingerprint density at radius 2 is 2.29 bits per heavy atom. The Morgan fingerprint density at radius 3 is 3.04 bits per heavy atom. The van der Waals surface area contributed by atoms with Crippen molar-refractivity contribution in [1.82, 2.24) is 9.88 Å². The van der Waals surface area contributed by atoms with Crippen LogP contribution < -0.4 is 9.47 Å². The third-order valence-electron chi connectivity index (χ3n) is 5.10. The predicted octanol–water partition coefficient (Wildman–Crippen LogP) is 2.92. The smallest absolute Gasteiger partial charge is 0.255 e. The van der Waals surface area contributed by atoms with Crippen molar-refractivity contribution in [1.29, 1.82) is 10.7 Å². The first kappa shape index (κ1) is 17.9. The van der Waals surface area contributed by atoms with Gasteiger partial charge < -0.3 is 24.8 Å². The van der Waals surface area contributed by atoms with Gasteiger partial charge in [0, 0.05) is 44.1 Å². The Labute approximate surface area is 162 Å². The molecule has 2 aromatic rings. The highest BCUT2D eigenvalue weighted by molar-refractivity contribution is 5.97. The summed E-state index contributed by atoms with van der Waals surface area (Å²) in [5.41, 5.74) is 3.09. The molecule has 2 aliphatic rings. The molecule has 142 valence electrons. The SMILES string of the molecule is Cc1c(C(=O)N2CC(C#N)C2)c[nH]c1/C(=C\C=N)Oc1ccc2c(c1)OCC2. The molecule has 0 aliphatic carbocycles. The molecule has 2 aliphatic heterocycles. The second kappa shape index (κ2) is 7.24. The molecule has 0 atom stereocenters. The van der Waals surface area contributed by atoms with Crippen molar-refractivity contribution >= 4 is 17.9 Å². The number of allylic oxidation sites excluding steroid dienone is 1. The number of amides is 1. The minimum absolute atomic E-state index is 0.0820. The molecule has 0 saturated carbocycles. The predicted molar refractivity (Wildman–Crippen MR) is 104 cm³/mol. The average molecular weight is 376 g/mol. The van der Waals surface area contributed by atoms with E-state index in [-0.39, 0.29) is 11.8 Å². The number of carbonyl (C=O) groups excluding carboxylic acids is 1. The van der Waals surface area contributed by atoms with Gasteiger partial charge in [-0.25, -0.2) is 0 Å². The quantitative estimate of drug-likeness (QED) is 0.619. The van der Waals surface area contributed by atoms with Gasteiger partial charge in [-0.15, -0.1) is 0 Å². The van der Waals surface area contributed by atoms with Gasteiger partial charge in [-0.05, 0) is 24.1 Å². The van der Waals surface area contributed by atoms with Crippen LogP contribution in [0.15, 0.2) is 30.5 Å². The van der Waals surface area contributed by atoms with Crippen molar-refractivity contribution in [2.45, 2.75) is 13.3 Å². The molecule has 2 N–H and O–H groups in total. The van der Waals surface area contributed by atoms with Gasteiger partial charge in [-0.3, -0.25) is 4.79 Å². The fourth-order valence-corrected chi connectivity index (χ4v) is 3.45. The number of carbonyl (C=O) groups is 1. The number of ether oxygens (including phenoxy) is 2. The van der Waals surface area contributed by atoms with Crippen molar-refractivity contribution in [3.63, 3.8) is 0 Å². The van der Waals surface area contributed by atoms with E-state index in [1.165, 1.54) is 6.08 Å². The molecular formula is C21H20N4O3. The number of hydrogen-bond acceptors (Lipinski definition) is 5. The van der Waals surface area contributed by atoms with Crippen LogP contribution in [0.2, 0.25) is 0 Å². The van der Waals surface area contributed by atoms with Crippen LogP contribution in [0.4, 0.5) is 0 Å². The van der Waals surface area contributed by atoms with Crippen molar-refractivity contribution in [2.75, 3.05) is 19.7 Å². The number of fused-ring (bicyclic) bond motifs is 1. The van der Waals surface area contributed by atoms with Gasteiger partial charge in [0.15, 0.2) is 5.76 Å². The van der Waals surface area contributed by atoms with Crippen LogP contribution in [0.5, 0.6) is 11.5 Å². The summed E-state index contributed by atoms with van der Waals surface area (Å²) in [6.45, 7) is 3.44. The highest BCUT2D eigenvalue weighted by Gasteiger charge is 2.32. The molecule has 4 rings (SSSR count). The number of nitriles is 1. The Morgan fingerprint density at radius 1 is 1.46 bits per heavy atom. The second-order valence-electron chi connectivity index (χ2n) is 6.91. The minimum atomic E-state index is -0.105. The summed E-state index contributed by atoms with van der Waals surface area (Å²) < 4.78 is 11.6. The standard InChI is InChI=1S/C21H20N4O3/c1-13-17(21(26)25-11-14(9-23)12-25)10-24-20(13)18(4-6-22)28-16-3-2-15-5-7-27-19(15)8-16/h2-4,6,8,10,14,22,24H,5,7,11-12H2,1H3/b18-4+,22-6?. The van der Waals surface area contributed by atoms with Crippen LogP contribution in [-0.4, -0.2) is 41.7 Å². The van der Waals surface area contributed by atoms with Gasteiger partial charge in [0.1, 0.15) is 11.5 Å². The van der Waals surface area contributed by atoms with Crippen LogP contribution in [0.25, 0.3) is 5.76 Å². The van der Waals surface area contributed by atoms with Crippen molar-refractivity contribution < 1.29 is 14.3 Å². The Kier molecular flexibility index (Phi) is 4.62. The van der Waals surface area contributed by atoms with Crippen LogP contribution in [-0.2, 0) is 6.42 Å². The molecule has 1 saturated heterocycles. The van der Waals surface area contributed by atoms with E-state index in [2.05, 4.69) is 11.1 Å². The van der Waals surface area contributed by atoms with Crippen molar-refractivity contribution in [3.05, 3.63) is 52.9 Å². The highest BCUT2D eigenvalue weighted by atomic mass is 16.5. The fourth-order valence-electron chi connectivity index (χ4n) is 3.45. The molecule has 0 unspecified atom stereocenters. The lowest BCUT2D eigenvalue weighted by Gasteiger charge is -2.35. The lowest BCUT2D eigenvalue weighted by atomic mass is 10.00. The molecule has 1 aromatic heterocycles. The number of nitrogens with one attached hydrogen (secondary N) is 2. The molecule has 1 aromatic carbocycles. The number of hydrogen-bond donors (Lipinski definition) is 2. The van der Waals surface area contributed by atoms with Gasteiger partial charge in [0.25, 0.3) is 5.91 Å². The zero-order chi connectivity index (χ0) is 19.7. The maximum atomic E-state index is 12.7. The molecule has 7 nitrogen and oxygen atoms in total. The molecule has 28 heavy (non-hydrogen) atoms. The summed E-state index contributed by atoms with van der Waals surface area (Å²) in [4.78, 5) is 17.4. The second-order valence-corrected chi connectivity index (χ2v) is 6.91. The third-order valence-corrected chi connectivity index (χ3v) is 5.10. The summed E-state index contributed by atoms with van der Waals surface area (Å²) in [5.74, 6) is 1.68. The van der Waals surface area contributed by atoms with E-state index in [1.807, 2.05) is 25.1 Å². The first-order chi connectivity index (χ1) is 13.6. The van der Waals surface area contributed by atoms with E-state index < -0.39 is 0 Å². The van der Waals surface area contributed by atoms with Crippen LogP contribution >= 0.6 is 0 Å². The summed E-state index contributed by atoms with van der Waals surface area (Å²) in [7, 11) is 0. The van der Waals surface area contributed by atoms with Crippen LogP contribution in [0, 0.1) is 29.6 Å². The summed E-state index contributed by atoms with van der Waals surface area (Å²) in [6.07, 6.45) is 5.23. The average Bonchev–Trinajstić information content (AvgIpc) is 3.26. The Hall–Kier alpha value is -3.53. The topological polar surface area (TPSA) is 102 Å². The largest absolute Gasteiger partial charge is 0.493 e. The zero-order valence-corrected chi connectivity index (χ0v) is 15.5. The third kappa shape index (κ3) is 3.14. The molecule has 1 amide bonds. The van der Waals surface area contributed by atoms with Crippen LogP contribution in [0.1, 0.15) is 27.2 Å². The molecule has 1 fully saturated rings. The summed E-state index contributed by atoms with van der Waals surface area (Å²) in [6, 6.07) is 7.86. The van der Waals surface area contributed by atoms with E-state index >= 15 is 0 Å².